The van der Waals surface area contributed by atoms with Crippen LogP contribution in [-0.2, 0) is 9.59 Å². The summed E-state index contributed by atoms with van der Waals surface area (Å²) < 4.78 is 5.74. The highest BCUT2D eigenvalue weighted by Crippen LogP contribution is 2.29. The lowest BCUT2D eigenvalue weighted by atomic mass is 10.1. The van der Waals surface area contributed by atoms with Gasteiger partial charge in [0.15, 0.2) is 6.10 Å². The minimum atomic E-state index is -0.684. The van der Waals surface area contributed by atoms with Gasteiger partial charge < -0.3 is 10.1 Å². The smallest absolute Gasteiger partial charge is 0.268 e. The molecule has 0 aromatic heterocycles. The Bertz CT molecular complexity index is 757. The molecule has 23 heavy (non-hydrogen) atoms. The molecule has 3 rings (SSSR count). The van der Waals surface area contributed by atoms with Gasteiger partial charge in [-0.05, 0) is 43.7 Å². The number of para-hydroxylation sites is 2. The van der Waals surface area contributed by atoms with E-state index in [1.54, 1.807) is 13.0 Å². The highest BCUT2D eigenvalue weighted by Gasteiger charge is 2.30. The third-order valence-electron chi connectivity index (χ3n) is 3.69. The van der Waals surface area contributed by atoms with Gasteiger partial charge in [0.1, 0.15) is 12.3 Å². The van der Waals surface area contributed by atoms with E-state index in [2.05, 4.69) is 5.32 Å². The van der Waals surface area contributed by atoms with Crippen LogP contribution in [0.25, 0.3) is 0 Å². The van der Waals surface area contributed by atoms with Crippen LogP contribution < -0.4 is 15.0 Å². The molecule has 0 unspecified atom stereocenters. The number of amides is 2. The monoisotopic (exact) mass is 310 g/mol. The summed E-state index contributed by atoms with van der Waals surface area (Å²) in [6, 6.07) is 14.8. The van der Waals surface area contributed by atoms with Crippen molar-refractivity contribution < 1.29 is 14.3 Å². The van der Waals surface area contributed by atoms with Gasteiger partial charge in [0, 0.05) is 0 Å². The van der Waals surface area contributed by atoms with Gasteiger partial charge >= 0.3 is 0 Å². The van der Waals surface area contributed by atoms with Crippen molar-refractivity contribution >= 4 is 23.2 Å². The predicted molar refractivity (Wildman–Crippen MR) is 88.7 cm³/mol. The SMILES string of the molecule is Cc1cccc(O[C@H](C)C(=O)N2CC(=O)Nc3ccccc32)c1. The van der Waals surface area contributed by atoms with E-state index < -0.39 is 6.10 Å². The van der Waals surface area contributed by atoms with E-state index in [4.69, 9.17) is 4.74 Å². The molecule has 2 amide bonds. The number of rotatable bonds is 3. The quantitative estimate of drug-likeness (QED) is 0.948. The number of nitrogens with one attached hydrogen (secondary N) is 1. The van der Waals surface area contributed by atoms with Crippen molar-refractivity contribution in [1.82, 2.24) is 0 Å². The first kappa shape index (κ1) is 15.1. The maximum atomic E-state index is 12.7. The van der Waals surface area contributed by atoms with E-state index in [1.807, 2.05) is 49.4 Å². The number of hydrogen-bond donors (Lipinski definition) is 1. The Morgan fingerprint density at radius 2 is 2.00 bits per heavy atom. The molecule has 0 spiro atoms. The highest BCUT2D eigenvalue weighted by atomic mass is 16.5. The molecule has 0 saturated heterocycles. The number of carbonyl (C=O) groups is 2. The third-order valence-corrected chi connectivity index (χ3v) is 3.69. The van der Waals surface area contributed by atoms with Crippen molar-refractivity contribution in [3.8, 4) is 5.75 Å². The van der Waals surface area contributed by atoms with Gasteiger partial charge in [-0.25, -0.2) is 0 Å². The molecule has 1 N–H and O–H groups in total. The molecule has 0 aliphatic carbocycles. The fourth-order valence-corrected chi connectivity index (χ4v) is 2.59. The molecule has 1 aliphatic heterocycles. The Balaban J connectivity index is 1.81. The average Bonchev–Trinajstić information content (AvgIpc) is 2.53. The first-order chi connectivity index (χ1) is 11.0. The molecule has 5 heteroatoms. The van der Waals surface area contributed by atoms with Gasteiger partial charge in [-0.3, -0.25) is 14.5 Å². The number of aryl methyl sites for hydroxylation is 1. The summed E-state index contributed by atoms with van der Waals surface area (Å²) in [7, 11) is 0. The van der Waals surface area contributed by atoms with Crippen LogP contribution in [0.3, 0.4) is 0 Å². The van der Waals surface area contributed by atoms with E-state index >= 15 is 0 Å². The van der Waals surface area contributed by atoms with E-state index in [9.17, 15) is 9.59 Å². The van der Waals surface area contributed by atoms with Crippen molar-refractivity contribution in [2.75, 3.05) is 16.8 Å². The zero-order chi connectivity index (χ0) is 16.4. The van der Waals surface area contributed by atoms with Crippen molar-refractivity contribution in [1.29, 1.82) is 0 Å². The van der Waals surface area contributed by atoms with Crippen molar-refractivity contribution in [3.05, 3.63) is 54.1 Å². The largest absolute Gasteiger partial charge is 0.481 e. The predicted octanol–water partition coefficient (Wildman–Crippen LogP) is 2.75. The van der Waals surface area contributed by atoms with Crippen LogP contribution >= 0.6 is 0 Å². The summed E-state index contributed by atoms with van der Waals surface area (Å²) in [6.45, 7) is 3.65. The van der Waals surface area contributed by atoms with Crippen LogP contribution in [0.4, 0.5) is 11.4 Å². The number of benzene rings is 2. The second-order valence-electron chi connectivity index (χ2n) is 5.57. The van der Waals surface area contributed by atoms with E-state index in [0.717, 1.165) is 5.56 Å². The summed E-state index contributed by atoms with van der Waals surface area (Å²) >= 11 is 0. The van der Waals surface area contributed by atoms with Crippen LogP contribution in [0.15, 0.2) is 48.5 Å². The second-order valence-corrected chi connectivity index (χ2v) is 5.57. The van der Waals surface area contributed by atoms with Gasteiger partial charge in [-0.15, -0.1) is 0 Å². The lowest BCUT2D eigenvalue weighted by Crippen LogP contribution is -2.47. The maximum Gasteiger partial charge on any atom is 0.268 e. The van der Waals surface area contributed by atoms with Crippen LogP contribution in [0, 0.1) is 6.92 Å². The third kappa shape index (κ3) is 3.18. The van der Waals surface area contributed by atoms with Gasteiger partial charge in [0.2, 0.25) is 5.91 Å². The zero-order valence-corrected chi connectivity index (χ0v) is 13.1. The van der Waals surface area contributed by atoms with Crippen LogP contribution in [-0.4, -0.2) is 24.5 Å². The number of hydrogen-bond acceptors (Lipinski definition) is 3. The minimum Gasteiger partial charge on any atom is -0.481 e. The number of carbonyl (C=O) groups excluding carboxylic acids is 2. The summed E-state index contributed by atoms with van der Waals surface area (Å²) in [5, 5.41) is 2.77. The summed E-state index contributed by atoms with van der Waals surface area (Å²) in [5.41, 5.74) is 2.39. The minimum absolute atomic E-state index is 0.00261. The molecule has 2 aromatic carbocycles. The Labute approximate surface area is 134 Å². The molecular weight excluding hydrogens is 292 g/mol. The first-order valence-corrected chi connectivity index (χ1v) is 7.48. The first-order valence-electron chi connectivity index (χ1n) is 7.48. The molecule has 0 saturated carbocycles. The van der Waals surface area contributed by atoms with Gasteiger partial charge in [-0.2, -0.15) is 0 Å². The maximum absolute atomic E-state index is 12.7. The van der Waals surface area contributed by atoms with Gasteiger partial charge in [-0.1, -0.05) is 24.3 Å². The number of fused-ring (bicyclic) bond motifs is 1. The Hall–Kier alpha value is -2.82. The molecule has 118 valence electrons. The molecule has 0 bridgehead atoms. The normalized spacial score (nSPS) is 14.7. The van der Waals surface area contributed by atoms with Crippen molar-refractivity contribution in [2.45, 2.75) is 20.0 Å². The fraction of sp³-hybridized carbons (Fsp3) is 0.222. The molecular formula is C18H18N2O3. The van der Waals surface area contributed by atoms with Gasteiger partial charge in [0.25, 0.3) is 5.91 Å². The van der Waals surface area contributed by atoms with Crippen LogP contribution in [0.2, 0.25) is 0 Å². The van der Waals surface area contributed by atoms with Crippen molar-refractivity contribution in [3.63, 3.8) is 0 Å². The average molecular weight is 310 g/mol. The van der Waals surface area contributed by atoms with E-state index in [0.29, 0.717) is 17.1 Å². The Kier molecular flexibility index (Phi) is 4.02. The Morgan fingerprint density at radius 1 is 1.22 bits per heavy atom. The fourth-order valence-electron chi connectivity index (χ4n) is 2.59. The topological polar surface area (TPSA) is 58.6 Å². The molecule has 0 radical (unpaired) electrons. The lowest BCUT2D eigenvalue weighted by molar-refractivity contribution is -0.126. The summed E-state index contributed by atoms with van der Waals surface area (Å²) in [4.78, 5) is 26.0. The molecule has 0 fully saturated rings. The number of anilines is 2. The number of ether oxygens (including phenoxy) is 1. The number of nitrogens with zero attached hydrogens (tertiary/aromatic N) is 1. The zero-order valence-electron chi connectivity index (χ0n) is 13.1. The molecule has 5 nitrogen and oxygen atoms in total. The van der Waals surface area contributed by atoms with E-state index in [-0.39, 0.29) is 18.4 Å². The Morgan fingerprint density at radius 3 is 2.78 bits per heavy atom. The summed E-state index contributed by atoms with van der Waals surface area (Å²) in [5.74, 6) is 0.189. The summed E-state index contributed by atoms with van der Waals surface area (Å²) in [6.07, 6.45) is -0.684. The molecule has 1 atom stereocenters. The van der Waals surface area contributed by atoms with E-state index in [1.165, 1.54) is 4.90 Å². The van der Waals surface area contributed by atoms with Gasteiger partial charge in [0.05, 0.1) is 11.4 Å². The molecule has 2 aromatic rings. The highest BCUT2D eigenvalue weighted by molar-refractivity contribution is 6.10. The second kappa shape index (κ2) is 6.12. The van der Waals surface area contributed by atoms with Crippen LogP contribution in [0.1, 0.15) is 12.5 Å². The van der Waals surface area contributed by atoms with Crippen molar-refractivity contribution in [2.24, 2.45) is 0 Å². The van der Waals surface area contributed by atoms with Crippen LogP contribution in [0.5, 0.6) is 5.75 Å². The molecule has 1 heterocycles. The lowest BCUT2D eigenvalue weighted by Gasteiger charge is -2.31. The molecule has 1 aliphatic rings. The standard InChI is InChI=1S/C18H18N2O3/c1-12-6-5-7-14(10-12)23-13(2)18(22)20-11-17(21)19-15-8-3-4-9-16(15)20/h3-10,13H,11H2,1-2H3,(H,19,21)/t13-/m1/s1.